The molecule has 244 valence electrons. The molecule has 6 aromatic carbocycles. The lowest BCUT2D eigenvalue weighted by Gasteiger charge is -2.15. The molecule has 3 heteroatoms. The molecule has 2 aromatic heterocycles. The molecule has 0 atom stereocenters. The summed E-state index contributed by atoms with van der Waals surface area (Å²) in [5, 5.41) is 4.73. The number of hydrogen-bond acceptors (Lipinski definition) is 3. The molecule has 0 amide bonds. The summed E-state index contributed by atoms with van der Waals surface area (Å²) in [5.41, 5.74) is 14.6. The first-order chi connectivity index (χ1) is 25.2. The first-order valence-corrected chi connectivity index (χ1v) is 18.2. The summed E-state index contributed by atoms with van der Waals surface area (Å²) in [6.07, 6.45) is 14.0. The van der Waals surface area contributed by atoms with Gasteiger partial charge in [-0.15, -0.1) is 0 Å². The highest BCUT2D eigenvalue weighted by atomic mass is 16.3. The summed E-state index contributed by atoms with van der Waals surface area (Å²) in [4.78, 5) is 10.2. The molecular formula is C48H36N2O. The standard InChI is InChI=1S/C48H36N2O/c1-3-12-33(13-4-1)42-29-43-40-26-25-38(28-46(40)51-47(43)41-18-10-9-17-39(41)42)45-30-44(49-48(50-45)35-14-5-2-6-15-35)34-22-19-32(20-23-34)37-24-21-31-11-7-8-16-36(31)27-37/h2,5-6,8-10,12,14-30H,1,3-4,7,11,13H2. The first kappa shape index (κ1) is 29.8. The van der Waals surface area contributed by atoms with Crippen molar-refractivity contribution in [3.63, 3.8) is 0 Å². The van der Waals surface area contributed by atoms with E-state index in [4.69, 9.17) is 14.4 Å². The molecule has 0 spiro atoms. The normalized spacial score (nSPS) is 14.2. The summed E-state index contributed by atoms with van der Waals surface area (Å²) < 4.78 is 6.72. The third-order valence-electron chi connectivity index (χ3n) is 10.7. The monoisotopic (exact) mass is 656 g/mol. The lowest BCUT2D eigenvalue weighted by Crippen LogP contribution is -1.96. The van der Waals surface area contributed by atoms with Gasteiger partial charge in [-0.2, -0.15) is 0 Å². The number of aromatic nitrogens is 2. The van der Waals surface area contributed by atoms with Crippen LogP contribution >= 0.6 is 0 Å². The minimum absolute atomic E-state index is 0.703. The van der Waals surface area contributed by atoms with Crippen molar-refractivity contribution in [2.24, 2.45) is 0 Å². The van der Waals surface area contributed by atoms with Crippen molar-refractivity contribution in [3.8, 4) is 45.0 Å². The van der Waals surface area contributed by atoms with Crippen LogP contribution in [0.1, 0.15) is 48.8 Å². The zero-order chi connectivity index (χ0) is 33.7. The zero-order valence-corrected chi connectivity index (χ0v) is 28.4. The minimum Gasteiger partial charge on any atom is -0.455 e. The van der Waals surface area contributed by atoms with E-state index >= 15 is 0 Å². The van der Waals surface area contributed by atoms with E-state index in [-0.39, 0.29) is 0 Å². The van der Waals surface area contributed by atoms with Crippen molar-refractivity contribution in [2.75, 3.05) is 0 Å². The van der Waals surface area contributed by atoms with Crippen LogP contribution in [-0.2, 0) is 6.42 Å². The van der Waals surface area contributed by atoms with Crippen LogP contribution in [0.25, 0.3) is 89.4 Å². The van der Waals surface area contributed by atoms with Gasteiger partial charge in [0.15, 0.2) is 5.82 Å². The molecule has 0 aliphatic heterocycles. The van der Waals surface area contributed by atoms with E-state index in [0.29, 0.717) is 5.82 Å². The van der Waals surface area contributed by atoms with E-state index in [9.17, 15) is 0 Å². The Morgan fingerprint density at radius 1 is 0.510 bits per heavy atom. The van der Waals surface area contributed by atoms with E-state index in [0.717, 1.165) is 70.3 Å². The van der Waals surface area contributed by atoms with Crippen molar-refractivity contribution >= 4 is 44.4 Å². The van der Waals surface area contributed by atoms with Crippen LogP contribution in [0.4, 0.5) is 0 Å². The number of nitrogens with zero attached hydrogens (tertiary/aromatic N) is 2. The number of rotatable bonds is 5. The second-order valence-electron chi connectivity index (χ2n) is 13.9. The van der Waals surface area contributed by atoms with E-state index in [1.165, 1.54) is 62.4 Å². The van der Waals surface area contributed by atoms with Crippen molar-refractivity contribution in [1.29, 1.82) is 0 Å². The number of allylic oxidation sites excluding steroid dienone is 3. The van der Waals surface area contributed by atoms with Gasteiger partial charge in [0.05, 0.1) is 11.4 Å². The predicted molar refractivity (Wildman–Crippen MR) is 212 cm³/mol. The zero-order valence-electron chi connectivity index (χ0n) is 28.4. The molecular weight excluding hydrogens is 621 g/mol. The van der Waals surface area contributed by atoms with Crippen molar-refractivity contribution in [3.05, 3.63) is 156 Å². The number of hydrogen-bond donors (Lipinski definition) is 0. The molecule has 10 rings (SSSR count). The molecule has 0 bridgehead atoms. The van der Waals surface area contributed by atoms with Crippen LogP contribution in [0, 0.1) is 0 Å². The fourth-order valence-corrected chi connectivity index (χ4v) is 8.00. The van der Waals surface area contributed by atoms with Crippen molar-refractivity contribution < 1.29 is 4.42 Å². The number of benzene rings is 6. The molecule has 0 unspecified atom stereocenters. The van der Waals surface area contributed by atoms with Crippen LogP contribution in [-0.4, -0.2) is 9.97 Å². The summed E-state index contributed by atoms with van der Waals surface area (Å²) in [6, 6.07) is 45.5. The van der Waals surface area contributed by atoms with Gasteiger partial charge in [0, 0.05) is 32.8 Å². The smallest absolute Gasteiger partial charge is 0.160 e. The van der Waals surface area contributed by atoms with E-state index in [1.54, 1.807) is 0 Å². The van der Waals surface area contributed by atoms with E-state index in [1.807, 2.05) is 18.2 Å². The SMILES string of the molecule is C1=Cc2cc(-c3ccc(-c4cc(-c5ccc6c(c5)oc5c7ccccc7c(C7=CCCCC7)cc65)nc(-c5ccccc5)n4)cc3)ccc2CC1. The highest BCUT2D eigenvalue weighted by Gasteiger charge is 2.18. The van der Waals surface area contributed by atoms with Crippen LogP contribution in [0.2, 0.25) is 0 Å². The maximum Gasteiger partial charge on any atom is 0.160 e. The Labute approximate surface area is 297 Å². The van der Waals surface area contributed by atoms with Gasteiger partial charge in [0.2, 0.25) is 0 Å². The minimum atomic E-state index is 0.703. The third kappa shape index (κ3) is 5.37. The highest BCUT2D eigenvalue weighted by Crippen LogP contribution is 2.41. The van der Waals surface area contributed by atoms with Gasteiger partial charge in [-0.1, -0.05) is 115 Å². The summed E-state index contributed by atoms with van der Waals surface area (Å²) in [5.74, 6) is 0.703. The van der Waals surface area contributed by atoms with Crippen molar-refractivity contribution in [2.45, 2.75) is 38.5 Å². The lowest BCUT2D eigenvalue weighted by molar-refractivity contribution is 0.673. The van der Waals surface area contributed by atoms with Gasteiger partial charge in [0.25, 0.3) is 0 Å². The Hall–Kier alpha value is -6.06. The molecule has 0 radical (unpaired) electrons. The Morgan fingerprint density at radius 2 is 1.27 bits per heavy atom. The topological polar surface area (TPSA) is 38.9 Å². The number of furan rings is 1. The maximum atomic E-state index is 6.72. The van der Waals surface area contributed by atoms with Gasteiger partial charge in [0.1, 0.15) is 11.2 Å². The van der Waals surface area contributed by atoms with Crippen LogP contribution in [0.3, 0.4) is 0 Å². The predicted octanol–water partition coefficient (Wildman–Crippen LogP) is 13.1. The quantitative estimate of drug-likeness (QED) is 0.185. The maximum absolute atomic E-state index is 6.72. The third-order valence-corrected chi connectivity index (χ3v) is 10.7. The molecule has 3 nitrogen and oxygen atoms in total. The van der Waals surface area contributed by atoms with Gasteiger partial charge in [-0.3, -0.25) is 0 Å². The number of aryl methyl sites for hydroxylation is 1. The molecule has 2 aliphatic carbocycles. The largest absolute Gasteiger partial charge is 0.455 e. The van der Waals surface area contributed by atoms with Gasteiger partial charge < -0.3 is 4.42 Å². The average molecular weight is 657 g/mol. The van der Waals surface area contributed by atoms with Crippen LogP contribution in [0.5, 0.6) is 0 Å². The Morgan fingerprint density at radius 3 is 2.12 bits per heavy atom. The van der Waals surface area contributed by atoms with Gasteiger partial charge >= 0.3 is 0 Å². The molecule has 8 aromatic rings. The van der Waals surface area contributed by atoms with Gasteiger partial charge in [-0.25, -0.2) is 9.97 Å². The molecule has 0 saturated carbocycles. The lowest BCUT2D eigenvalue weighted by atomic mass is 9.89. The van der Waals surface area contributed by atoms with Crippen LogP contribution < -0.4 is 0 Å². The van der Waals surface area contributed by atoms with Crippen molar-refractivity contribution in [1.82, 2.24) is 9.97 Å². The Balaban J connectivity index is 1.08. The Bertz CT molecular complexity index is 2680. The summed E-state index contributed by atoms with van der Waals surface area (Å²) in [6.45, 7) is 0. The molecule has 0 N–H and O–H groups in total. The fourth-order valence-electron chi connectivity index (χ4n) is 8.00. The van der Waals surface area contributed by atoms with E-state index < -0.39 is 0 Å². The second-order valence-corrected chi connectivity index (χ2v) is 13.9. The molecule has 0 saturated heterocycles. The number of fused-ring (bicyclic) bond motifs is 6. The van der Waals surface area contributed by atoms with Crippen LogP contribution in [0.15, 0.2) is 144 Å². The summed E-state index contributed by atoms with van der Waals surface area (Å²) >= 11 is 0. The van der Waals surface area contributed by atoms with Gasteiger partial charge in [-0.05, 0) is 108 Å². The average Bonchev–Trinajstić information content (AvgIpc) is 3.59. The molecule has 51 heavy (non-hydrogen) atoms. The second kappa shape index (κ2) is 12.4. The highest BCUT2D eigenvalue weighted by molar-refractivity contribution is 6.18. The van der Waals surface area contributed by atoms with E-state index in [2.05, 4.69) is 127 Å². The molecule has 2 heterocycles. The fraction of sp³-hybridized carbons (Fsp3) is 0.125. The summed E-state index contributed by atoms with van der Waals surface area (Å²) in [7, 11) is 0. The Kier molecular flexibility index (Phi) is 7.23. The molecule has 2 aliphatic rings. The first-order valence-electron chi connectivity index (χ1n) is 18.2. The molecule has 0 fully saturated rings.